The third kappa shape index (κ3) is 3.51. The predicted molar refractivity (Wildman–Crippen MR) is 102 cm³/mol. The second-order valence-electron chi connectivity index (χ2n) is 6.38. The quantitative estimate of drug-likeness (QED) is 0.678. The molecule has 24 heavy (non-hydrogen) atoms. The summed E-state index contributed by atoms with van der Waals surface area (Å²) in [5.74, 6) is 0.585. The lowest BCUT2D eigenvalue weighted by molar-refractivity contribution is 0.390. The third-order valence-corrected chi connectivity index (χ3v) is 4.85. The summed E-state index contributed by atoms with van der Waals surface area (Å²) in [4.78, 5) is 0. The molecule has 3 nitrogen and oxygen atoms in total. The Morgan fingerprint density at radius 2 is 1.62 bits per heavy atom. The van der Waals surface area contributed by atoms with Gasteiger partial charge in [-0.2, -0.15) is 5.10 Å². The lowest BCUT2D eigenvalue weighted by Crippen LogP contribution is -2.25. The standard InChI is InChI=1S/C19H21N3.C2H6/c20-17-9-7-14(8-10-17)18-12-19(22-21-18)16-6-5-13-3-1-2-4-15(13)11-16;1-2/h1-6,11-12,14,17H,7-10,20H2,(H,21,22);1-2H3. The first-order chi connectivity index (χ1) is 11.8. The summed E-state index contributed by atoms with van der Waals surface area (Å²) in [5.41, 5.74) is 9.47. The van der Waals surface area contributed by atoms with Crippen molar-refractivity contribution in [3.8, 4) is 11.3 Å². The number of nitrogens with zero attached hydrogens (tertiary/aromatic N) is 1. The second kappa shape index (κ2) is 7.63. The van der Waals surface area contributed by atoms with Crippen LogP contribution in [0.2, 0.25) is 0 Å². The lowest BCUT2D eigenvalue weighted by Gasteiger charge is -2.24. The molecule has 0 aliphatic heterocycles. The maximum atomic E-state index is 6.00. The topological polar surface area (TPSA) is 54.7 Å². The van der Waals surface area contributed by atoms with Gasteiger partial charge >= 0.3 is 0 Å². The molecule has 1 aliphatic rings. The first kappa shape index (κ1) is 16.7. The van der Waals surface area contributed by atoms with Crippen LogP contribution in [-0.4, -0.2) is 16.2 Å². The number of H-pyrrole nitrogens is 1. The fraction of sp³-hybridized carbons (Fsp3) is 0.381. The van der Waals surface area contributed by atoms with Crippen LogP contribution < -0.4 is 5.73 Å². The van der Waals surface area contributed by atoms with Gasteiger partial charge in [0.1, 0.15) is 0 Å². The first-order valence-electron chi connectivity index (χ1n) is 9.09. The first-order valence-corrected chi connectivity index (χ1v) is 9.09. The summed E-state index contributed by atoms with van der Waals surface area (Å²) < 4.78 is 0. The number of nitrogens with two attached hydrogens (primary N) is 1. The molecule has 0 bridgehead atoms. The molecule has 3 N–H and O–H groups in total. The van der Waals surface area contributed by atoms with Crippen LogP contribution in [0.15, 0.2) is 48.5 Å². The van der Waals surface area contributed by atoms with E-state index in [1.807, 2.05) is 13.8 Å². The number of rotatable bonds is 2. The minimum atomic E-state index is 0.388. The summed E-state index contributed by atoms with van der Waals surface area (Å²) in [5, 5.41) is 10.3. The largest absolute Gasteiger partial charge is 0.328 e. The minimum Gasteiger partial charge on any atom is -0.328 e. The smallest absolute Gasteiger partial charge is 0.0923 e. The van der Waals surface area contributed by atoms with Crippen molar-refractivity contribution >= 4 is 10.8 Å². The molecule has 0 spiro atoms. The fourth-order valence-corrected chi connectivity index (χ4v) is 3.47. The Labute approximate surface area is 144 Å². The van der Waals surface area contributed by atoms with Crippen molar-refractivity contribution < 1.29 is 0 Å². The molecule has 4 rings (SSSR count). The number of aromatic nitrogens is 2. The fourth-order valence-electron chi connectivity index (χ4n) is 3.47. The van der Waals surface area contributed by atoms with Crippen LogP contribution in [0, 0.1) is 0 Å². The molecule has 0 unspecified atom stereocenters. The zero-order valence-corrected chi connectivity index (χ0v) is 14.6. The van der Waals surface area contributed by atoms with Crippen LogP contribution in [0.5, 0.6) is 0 Å². The second-order valence-corrected chi connectivity index (χ2v) is 6.38. The average Bonchev–Trinajstić information content (AvgIpc) is 3.14. The van der Waals surface area contributed by atoms with Crippen LogP contribution in [0.4, 0.5) is 0 Å². The van der Waals surface area contributed by atoms with E-state index < -0.39 is 0 Å². The number of fused-ring (bicyclic) bond motifs is 1. The van der Waals surface area contributed by atoms with Crippen molar-refractivity contribution in [2.75, 3.05) is 0 Å². The van der Waals surface area contributed by atoms with Crippen molar-refractivity contribution in [2.24, 2.45) is 5.73 Å². The van der Waals surface area contributed by atoms with Gasteiger partial charge in [-0.3, -0.25) is 5.10 Å². The summed E-state index contributed by atoms with van der Waals surface area (Å²) in [6, 6.07) is 17.6. The normalized spacial score (nSPS) is 20.5. The third-order valence-electron chi connectivity index (χ3n) is 4.85. The predicted octanol–water partition coefficient (Wildman–Crippen LogP) is 5.24. The molecular weight excluding hydrogens is 294 g/mol. The number of aromatic amines is 1. The molecule has 0 amide bonds. The SMILES string of the molecule is CC.NC1CCC(c2cc(-c3ccc4ccccc4c3)n[nH]2)CC1. The van der Waals surface area contributed by atoms with E-state index >= 15 is 0 Å². The maximum absolute atomic E-state index is 6.00. The van der Waals surface area contributed by atoms with E-state index in [-0.39, 0.29) is 0 Å². The molecule has 126 valence electrons. The highest BCUT2D eigenvalue weighted by Gasteiger charge is 2.21. The molecule has 2 aromatic carbocycles. The van der Waals surface area contributed by atoms with Gasteiger partial charge in [0, 0.05) is 23.2 Å². The van der Waals surface area contributed by atoms with E-state index in [0.717, 1.165) is 18.5 Å². The van der Waals surface area contributed by atoms with Crippen LogP contribution in [0.3, 0.4) is 0 Å². The average molecular weight is 321 g/mol. The van der Waals surface area contributed by atoms with Gasteiger partial charge in [-0.15, -0.1) is 0 Å². The van der Waals surface area contributed by atoms with Crippen molar-refractivity contribution in [1.29, 1.82) is 0 Å². The van der Waals surface area contributed by atoms with Crippen LogP contribution in [0.25, 0.3) is 22.0 Å². The zero-order chi connectivity index (χ0) is 16.9. The Balaban J connectivity index is 0.000000815. The van der Waals surface area contributed by atoms with E-state index in [4.69, 9.17) is 5.73 Å². The minimum absolute atomic E-state index is 0.388. The van der Waals surface area contributed by atoms with E-state index in [0.29, 0.717) is 12.0 Å². The van der Waals surface area contributed by atoms with Crippen LogP contribution in [-0.2, 0) is 0 Å². The highest BCUT2D eigenvalue weighted by molar-refractivity contribution is 5.86. The molecule has 1 aliphatic carbocycles. The van der Waals surface area contributed by atoms with E-state index in [9.17, 15) is 0 Å². The Bertz CT molecular complexity index is 782. The molecule has 0 radical (unpaired) electrons. The van der Waals surface area contributed by atoms with Gasteiger partial charge in [0.05, 0.1) is 5.69 Å². The van der Waals surface area contributed by atoms with Crippen molar-refractivity contribution in [3.05, 3.63) is 54.2 Å². The van der Waals surface area contributed by atoms with Crippen LogP contribution in [0.1, 0.15) is 51.1 Å². The van der Waals surface area contributed by atoms with Gasteiger partial charge in [-0.05, 0) is 48.6 Å². The Morgan fingerprint density at radius 3 is 2.38 bits per heavy atom. The Morgan fingerprint density at radius 1 is 0.917 bits per heavy atom. The van der Waals surface area contributed by atoms with Gasteiger partial charge < -0.3 is 5.73 Å². The van der Waals surface area contributed by atoms with Crippen molar-refractivity contribution in [1.82, 2.24) is 10.2 Å². The Hall–Kier alpha value is -2.13. The van der Waals surface area contributed by atoms with Gasteiger partial charge in [-0.1, -0.05) is 50.2 Å². The Kier molecular flexibility index (Phi) is 5.31. The van der Waals surface area contributed by atoms with E-state index in [1.165, 1.54) is 34.9 Å². The van der Waals surface area contributed by atoms with E-state index in [1.54, 1.807) is 0 Å². The molecule has 1 aromatic heterocycles. The number of nitrogens with one attached hydrogen (secondary N) is 1. The number of hydrogen-bond donors (Lipinski definition) is 2. The van der Waals surface area contributed by atoms with E-state index in [2.05, 4.69) is 58.7 Å². The zero-order valence-electron chi connectivity index (χ0n) is 14.6. The maximum Gasteiger partial charge on any atom is 0.0923 e. The molecule has 3 heteroatoms. The van der Waals surface area contributed by atoms with Gasteiger partial charge in [0.25, 0.3) is 0 Å². The van der Waals surface area contributed by atoms with Gasteiger partial charge in [-0.25, -0.2) is 0 Å². The molecule has 1 saturated carbocycles. The highest BCUT2D eigenvalue weighted by atomic mass is 15.1. The summed E-state index contributed by atoms with van der Waals surface area (Å²) in [6.45, 7) is 4.00. The lowest BCUT2D eigenvalue weighted by atomic mass is 9.84. The van der Waals surface area contributed by atoms with Gasteiger partial charge in [0.2, 0.25) is 0 Å². The molecule has 0 atom stereocenters. The summed E-state index contributed by atoms with van der Waals surface area (Å²) >= 11 is 0. The molecule has 0 saturated heterocycles. The number of benzene rings is 2. The van der Waals surface area contributed by atoms with Crippen molar-refractivity contribution in [2.45, 2.75) is 51.5 Å². The molecule has 1 heterocycles. The molecular formula is C21H27N3. The molecule has 3 aromatic rings. The molecule has 1 fully saturated rings. The number of hydrogen-bond acceptors (Lipinski definition) is 2. The summed E-state index contributed by atoms with van der Waals surface area (Å²) in [6.07, 6.45) is 4.57. The summed E-state index contributed by atoms with van der Waals surface area (Å²) in [7, 11) is 0. The van der Waals surface area contributed by atoms with Gasteiger partial charge in [0.15, 0.2) is 0 Å². The monoisotopic (exact) mass is 321 g/mol. The van der Waals surface area contributed by atoms with Crippen LogP contribution >= 0.6 is 0 Å². The van der Waals surface area contributed by atoms with Crippen molar-refractivity contribution in [3.63, 3.8) is 0 Å². The highest BCUT2D eigenvalue weighted by Crippen LogP contribution is 2.33.